The Hall–Kier alpha value is -0.120. The zero-order valence-electron chi connectivity index (χ0n) is 8.31. The molecule has 0 radical (unpaired) electrons. The van der Waals surface area contributed by atoms with Crippen LogP contribution in [0.25, 0.3) is 0 Å². The highest BCUT2D eigenvalue weighted by Crippen LogP contribution is 1.91. The predicted molar refractivity (Wildman–Crippen MR) is 52.2 cm³/mol. The summed E-state index contributed by atoms with van der Waals surface area (Å²) in [5.74, 6) is 0. The van der Waals surface area contributed by atoms with Crippen LogP contribution in [0.15, 0.2) is 0 Å². The Kier molecular flexibility index (Phi) is 8.88. The summed E-state index contributed by atoms with van der Waals surface area (Å²) in [7, 11) is 1.74. The van der Waals surface area contributed by atoms with Crippen LogP contribution in [0.4, 0.5) is 0 Å². The number of rotatable bonds is 8. The van der Waals surface area contributed by atoms with Crippen molar-refractivity contribution < 1.29 is 4.74 Å². The van der Waals surface area contributed by atoms with Gasteiger partial charge in [-0.15, -0.1) is 0 Å². The zero-order valence-corrected chi connectivity index (χ0v) is 8.31. The van der Waals surface area contributed by atoms with Gasteiger partial charge in [0.15, 0.2) is 0 Å². The minimum Gasteiger partial charge on any atom is -0.385 e. The molecular weight excluding hydrogens is 152 g/mol. The molecule has 0 aliphatic carbocycles. The molecule has 3 N–H and O–H groups in total. The summed E-state index contributed by atoms with van der Waals surface area (Å²) < 4.78 is 4.95. The van der Waals surface area contributed by atoms with Gasteiger partial charge in [-0.3, -0.25) is 0 Å². The van der Waals surface area contributed by atoms with E-state index in [0.717, 1.165) is 32.5 Å². The molecule has 12 heavy (non-hydrogen) atoms. The van der Waals surface area contributed by atoms with E-state index in [9.17, 15) is 0 Å². The Labute approximate surface area is 75.7 Å². The number of methoxy groups -OCH3 is 1. The van der Waals surface area contributed by atoms with Gasteiger partial charge in [0, 0.05) is 19.8 Å². The molecule has 0 spiro atoms. The molecule has 1 atom stereocenters. The van der Waals surface area contributed by atoms with Crippen LogP contribution >= 0.6 is 0 Å². The van der Waals surface area contributed by atoms with Crippen molar-refractivity contribution in [2.75, 3.05) is 26.8 Å². The largest absolute Gasteiger partial charge is 0.385 e. The minimum absolute atomic E-state index is 0.553. The lowest BCUT2D eigenvalue weighted by atomic mass is 10.2. The Morgan fingerprint density at radius 1 is 1.42 bits per heavy atom. The third-order valence-electron chi connectivity index (χ3n) is 1.87. The second-order valence-corrected chi connectivity index (χ2v) is 3.13. The maximum atomic E-state index is 5.42. The monoisotopic (exact) mass is 174 g/mol. The molecule has 0 aliphatic heterocycles. The molecule has 0 rings (SSSR count). The molecule has 0 saturated heterocycles. The van der Waals surface area contributed by atoms with Gasteiger partial charge in [-0.25, -0.2) is 0 Å². The number of hydrogen-bond acceptors (Lipinski definition) is 3. The fourth-order valence-corrected chi connectivity index (χ4v) is 1.07. The molecular formula is C9H22N2O. The van der Waals surface area contributed by atoms with Gasteiger partial charge in [0.25, 0.3) is 0 Å². The number of hydrogen-bond donors (Lipinski definition) is 2. The highest BCUT2D eigenvalue weighted by Gasteiger charge is 1.97. The van der Waals surface area contributed by atoms with E-state index in [1.54, 1.807) is 7.11 Å². The zero-order chi connectivity index (χ0) is 9.23. The molecule has 74 valence electrons. The molecule has 0 aromatic carbocycles. The highest BCUT2D eigenvalue weighted by atomic mass is 16.5. The van der Waals surface area contributed by atoms with Crippen molar-refractivity contribution in [2.45, 2.75) is 32.2 Å². The maximum absolute atomic E-state index is 5.42. The van der Waals surface area contributed by atoms with Crippen molar-refractivity contribution >= 4 is 0 Å². The van der Waals surface area contributed by atoms with Gasteiger partial charge in [-0.2, -0.15) is 0 Å². The van der Waals surface area contributed by atoms with Crippen LogP contribution in [0.5, 0.6) is 0 Å². The first-order valence-corrected chi connectivity index (χ1v) is 4.73. The van der Waals surface area contributed by atoms with Crippen molar-refractivity contribution in [1.29, 1.82) is 0 Å². The lowest BCUT2D eigenvalue weighted by Gasteiger charge is -2.11. The SMILES string of the molecule is COCCCCNC(C)CCN. The van der Waals surface area contributed by atoms with Crippen LogP contribution in [-0.4, -0.2) is 32.8 Å². The number of ether oxygens (including phenoxy) is 1. The van der Waals surface area contributed by atoms with E-state index in [2.05, 4.69) is 12.2 Å². The fraction of sp³-hybridized carbons (Fsp3) is 1.00. The topological polar surface area (TPSA) is 47.3 Å². The van der Waals surface area contributed by atoms with E-state index < -0.39 is 0 Å². The maximum Gasteiger partial charge on any atom is 0.0462 e. The van der Waals surface area contributed by atoms with Gasteiger partial charge in [0.1, 0.15) is 0 Å². The molecule has 1 unspecified atom stereocenters. The normalized spacial score (nSPS) is 13.2. The Balaban J connectivity index is 2.97. The quantitative estimate of drug-likeness (QED) is 0.534. The minimum atomic E-state index is 0.553. The molecule has 0 heterocycles. The summed E-state index contributed by atoms with van der Waals surface area (Å²) in [6.45, 7) is 4.88. The second-order valence-electron chi connectivity index (χ2n) is 3.13. The molecule has 0 amide bonds. The smallest absolute Gasteiger partial charge is 0.0462 e. The lowest BCUT2D eigenvalue weighted by Crippen LogP contribution is -2.29. The summed E-state index contributed by atoms with van der Waals surface area (Å²) in [6.07, 6.45) is 3.38. The van der Waals surface area contributed by atoms with Crippen LogP contribution in [0.3, 0.4) is 0 Å². The van der Waals surface area contributed by atoms with Gasteiger partial charge in [0.05, 0.1) is 0 Å². The Morgan fingerprint density at radius 2 is 2.17 bits per heavy atom. The van der Waals surface area contributed by atoms with Gasteiger partial charge >= 0.3 is 0 Å². The van der Waals surface area contributed by atoms with Crippen molar-refractivity contribution in [1.82, 2.24) is 5.32 Å². The first-order valence-electron chi connectivity index (χ1n) is 4.73. The third kappa shape index (κ3) is 7.98. The summed E-state index contributed by atoms with van der Waals surface area (Å²) in [4.78, 5) is 0. The van der Waals surface area contributed by atoms with Crippen LogP contribution in [0.2, 0.25) is 0 Å². The molecule has 0 bridgehead atoms. The van der Waals surface area contributed by atoms with Gasteiger partial charge < -0.3 is 15.8 Å². The first-order chi connectivity index (χ1) is 5.81. The number of unbranched alkanes of at least 4 members (excludes halogenated alkanes) is 1. The van der Waals surface area contributed by atoms with Crippen molar-refractivity contribution in [3.63, 3.8) is 0 Å². The van der Waals surface area contributed by atoms with Crippen LogP contribution < -0.4 is 11.1 Å². The van der Waals surface area contributed by atoms with Crippen LogP contribution in [-0.2, 0) is 4.74 Å². The average molecular weight is 174 g/mol. The van der Waals surface area contributed by atoms with E-state index >= 15 is 0 Å². The fourth-order valence-electron chi connectivity index (χ4n) is 1.07. The summed E-state index contributed by atoms with van der Waals surface area (Å²) >= 11 is 0. The number of nitrogens with two attached hydrogens (primary N) is 1. The van der Waals surface area contributed by atoms with E-state index in [0.29, 0.717) is 6.04 Å². The van der Waals surface area contributed by atoms with E-state index in [-0.39, 0.29) is 0 Å². The van der Waals surface area contributed by atoms with Gasteiger partial charge in [0.2, 0.25) is 0 Å². The summed E-state index contributed by atoms with van der Waals surface area (Å²) in [6, 6.07) is 0.553. The van der Waals surface area contributed by atoms with Crippen LogP contribution in [0, 0.1) is 0 Å². The van der Waals surface area contributed by atoms with Gasteiger partial charge in [-0.1, -0.05) is 0 Å². The molecule has 0 aromatic heterocycles. The summed E-state index contributed by atoms with van der Waals surface area (Å²) in [5.41, 5.74) is 5.42. The summed E-state index contributed by atoms with van der Waals surface area (Å²) in [5, 5.41) is 3.41. The molecule has 3 heteroatoms. The van der Waals surface area contributed by atoms with Crippen LogP contribution in [0.1, 0.15) is 26.2 Å². The Morgan fingerprint density at radius 3 is 2.75 bits per heavy atom. The van der Waals surface area contributed by atoms with E-state index in [1.807, 2.05) is 0 Å². The molecule has 0 aromatic rings. The van der Waals surface area contributed by atoms with Gasteiger partial charge in [-0.05, 0) is 39.3 Å². The van der Waals surface area contributed by atoms with Crippen molar-refractivity contribution in [3.05, 3.63) is 0 Å². The van der Waals surface area contributed by atoms with Crippen molar-refractivity contribution in [3.8, 4) is 0 Å². The standard InChI is InChI=1S/C9H22N2O/c1-9(5-6-10)11-7-3-4-8-12-2/h9,11H,3-8,10H2,1-2H3. The van der Waals surface area contributed by atoms with Crippen molar-refractivity contribution in [2.24, 2.45) is 5.73 Å². The second kappa shape index (κ2) is 8.97. The molecule has 3 nitrogen and oxygen atoms in total. The molecule has 0 fully saturated rings. The molecule has 0 aliphatic rings. The molecule has 0 saturated carbocycles. The lowest BCUT2D eigenvalue weighted by molar-refractivity contribution is 0.192. The highest BCUT2D eigenvalue weighted by molar-refractivity contribution is 4.60. The average Bonchev–Trinajstić information content (AvgIpc) is 2.05. The Bertz CT molecular complexity index is 88.6. The van der Waals surface area contributed by atoms with E-state index in [1.165, 1.54) is 6.42 Å². The first kappa shape index (κ1) is 11.9. The van der Waals surface area contributed by atoms with E-state index in [4.69, 9.17) is 10.5 Å². The third-order valence-corrected chi connectivity index (χ3v) is 1.87. The number of nitrogens with one attached hydrogen (secondary N) is 1. The predicted octanol–water partition coefficient (Wildman–Crippen LogP) is 0.740.